The fraction of sp³-hybridized carbons (Fsp3) is 0.500. The molecule has 3 atom stereocenters. The highest BCUT2D eigenvalue weighted by molar-refractivity contribution is 7.89. The zero-order chi connectivity index (χ0) is 17.9. The number of carbonyl (C=O) groups is 2. The average Bonchev–Trinajstić information content (AvgIpc) is 3.05. The third-order valence-electron chi connectivity index (χ3n) is 4.47. The van der Waals surface area contributed by atoms with Crippen LogP contribution in [0.4, 0.5) is 0 Å². The Labute approximate surface area is 141 Å². The molecule has 8 heteroatoms. The Bertz CT molecular complexity index is 714. The molecule has 0 bridgehead atoms. The van der Waals surface area contributed by atoms with E-state index in [-0.39, 0.29) is 22.8 Å². The van der Waals surface area contributed by atoms with Gasteiger partial charge in [0.15, 0.2) is 0 Å². The Hall–Kier alpha value is -1.93. The Morgan fingerprint density at radius 2 is 1.75 bits per heavy atom. The van der Waals surface area contributed by atoms with Crippen LogP contribution in [0.25, 0.3) is 0 Å². The van der Waals surface area contributed by atoms with Crippen molar-refractivity contribution in [2.75, 3.05) is 7.05 Å². The van der Waals surface area contributed by atoms with Crippen LogP contribution < -0.4 is 10.0 Å². The molecule has 0 aliphatic heterocycles. The topological polar surface area (TPSA) is 113 Å². The number of carboxylic acids is 1. The molecule has 3 N–H and O–H groups in total. The van der Waals surface area contributed by atoms with Gasteiger partial charge < -0.3 is 10.4 Å². The van der Waals surface area contributed by atoms with Crippen LogP contribution in [0.5, 0.6) is 0 Å². The first-order chi connectivity index (χ1) is 11.2. The summed E-state index contributed by atoms with van der Waals surface area (Å²) in [5, 5.41) is 11.9. The normalized spacial score (nSPS) is 22.1. The van der Waals surface area contributed by atoms with E-state index in [2.05, 4.69) is 10.0 Å². The van der Waals surface area contributed by atoms with E-state index in [1.807, 2.05) is 6.92 Å². The van der Waals surface area contributed by atoms with Crippen LogP contribution in [-0.4, -0.2) is 32.4 Å². The van der Waals surface area contributed by atoms with Gasteiger partial charge in [-0.05, 0) is 50.9 Å². The fourth-order valence-electron chi connectivity index (χ4n) is 2.91. The maximum atomic E-state index is 12.3. The monoisotopic (exact) mass is 354 g/mol. The summed E-state index contributed by atoms with van der Waals surface area (Å²) < 4.78 is 25.6. The van der Waals surface area contributed by atoms with Crippen LogP contribution in [0.15, 0.2) is 29.2 Å². The third-order valence-corrected chi connectivity index (χ3v) is 5.90. The summed E-state index contributed by atoms with van der Waals surface area (Å²) in [5.74, 6) is -1.72. The quantitative estimate of drug-likeness (QED) is 0.712. The molecule has 1 fully saturated rings. The molecule has 1 unspecified atom stereocenters. The highest BCUT2D eigenvalue weighted by Gasteiger charge is 2.34. The van der Waals surface area contributed by atoms with E-state index >= 15 is 0 Å². The van der Waals surface area contributed by atoms with Crippen LogP contribution in [0.3, 0.4) is 0 Å². The molecular formula is C16H22N2O5S. The summed E-state index contributed by atoms with van der Waals surface area (Å²) in [6, 6.07) is 6.00. The van der Waals surface area contributed by atoms with Crippen molar-refractivity contribution in [3.05, 3.63) is 29.8 Å². The summed E-state index contributed by atoms with van der Waals surface area (Å²) in [6.07, 6.45) is 1.47. The van der Waals surface area contributed by atoms with Gasteiger partial charge >= 0.3 is 5.97 Å². The lowest BCUT2D eigenvalue weighted by Crippen LogP contribution is -2.32. The van der Waals surface area contributed by atoms with Gasteiger partial charge in [0, 0.05) is 5.92 Å². The van der Waals surface area contributed by atoms with Gasteiger partial charge in [-0.1, -0.05) is 12.1 Å². The summed E-state index contributed by atoms with van der Waals surface area (Å²) >= 11 is 0. The first-order valence-electron chi connectivity index (χ1n) is 7.81. The van der Waals surface area contributed by atoms with E-state index in [0.717, 1.165) is 5.56 Å². The summed E-state index contributed by atoms with van der Waals surface area (Å²) in [6.45, 7) is 1.81. The fourth-order valence-corrected chi connectivity index (χ4v) is 3.64. The number of carboxylic acid groups (broad SMARTS) is 1. The average molecular weight is 354 g/mol. The molecule has 0 radical (unpaired) electrons. The molecule has 1 saturated carbocycles. The van der Waals surface area contributed by atoms with Crippen molar-refractivity contribution in [1.82, 2.24) is 10.0 Å². The third kappa shape index (κ3) is 4.12. The van der Waals surface area contributed by atoms with Gasteiger partial charge in [0.25, 0.3) is 0 Å². The second-order valence-corrected chi connectivity index (χ2v) is 7.94. The number of nitrogens with one attached hydrogen (secondary N) is 2. The number of amides is 1. The maximum Gasteiger partial charge on any atom is 0.306 e. The highest BCUT2D eigenvalue weighted by Crippen LogP contribution is 2.31. The smallest absolute Gasteiger partial charge is 0.306 e. The first kappa shape index (κ1) is 18.4. The van der Waals surface area contributed by atoms with Crippen molar-refractivity contribution in [2.24, 2.45) is 11.8 Å². The Balaban J connectivity index is 1.98. The molecule has 1 amide bonds. The molecule has 24 heavy (non-hydrogen) atoms. The molecule has 0 aromatic heterocycles. The Kier molecular flexibility index (Phi) is 5.61. The lowest BCUT2D eigenvalue weighted by atomic mass is 10.0. The molecule has 0 saturated heterocycles. The lowest BCUT2D eigenvalue weighted by molar-refractivity contribution is -0.141. The molecule has 1 aliphatic rings. The zero-order valence-corrected chi connectivity index (χ0v) is 14.5. The molecule has 1 aliphatic carbocycles. The summed E-state index contributed by atoms with van der Waals surface area (Å²) in [4.78, 5) is 23.4. The highest BCUT2D eigenvalue weighted by atomic mass is 32.2. The van der Waals surface area contributed by atoms with Gasteiger partial charge in [0.1, 0.15) is 0 Å². The van der Waals surface area contributed by atoms with Crippen molar-refractivity contribution in [1.29, 1.82) is 0 Å². The van der Waals surface area contributed by atoms with Crippen LogP contribution >= 0.6 is 0 Å². The molecule has 0 heterocycles. The molecule has 2 rings (SSSR count). The lowest BCUT2D eigenvalue weighted by Gasteiger charge is -2.18. The Morgan fingerprint density at radius 3 is 2.25 bits per heavy atom. The number of hydrogen-bond donors (Lipinski definition) is 3. The number of benzene rings is 1. The molecule has 1 aromatic carbocycles. The van der Waals surface area contributed by atoms with Crippen molar-refractivity contribution in [2.45, 2.75) is 37.1 Å². The standard InChI is InChI=1S/C16H22N2O5S/c1-10(11-5-7-14(8-6-11)24(22,23)17-2)18-15(19)12-3-4-13(9-12)16(20)21/h5-8,10,12-13,17H,3-4,9H2,1-2H3,(H,18,19)(H,20,21)/t10?,12-,13+/m1/s1. The SMILES string of the molecule is CNS(=O)(=O)c1ccc(C(C)NC(=O)[C@@H]2CC[C@H](C(=O)O)C2)cc1. The van der Waals surface area contributed by atoms with E-state index in [4.69, 9.17) is 5.11 Å². The zero-order valence-electron chi connectivity index (χ0n) is 13.7. The van der Waals surface area contributed by atoms with Crippen molar-refractivity contribution in [3.8, 4) is 0 Å². The summed E-state index contributed by atoms with van der Waals surface area (Å²) in [7, 11) is -2.14. The second-order valence-electron chi connectivity index (χ2n) is 6.05. The minimum atomic E-state index is -3.48. The minimum Gasteiger partial charge on any atom is -0.481 e. The first-order valence-corrected chi connectivity index (χ1v) is 9.29. The minimum absolute atomic E-state index is 0.154. The Morgan fingerprint density at radius 1 is 1.17 bits per heavy atom. The molecule has 7 nitrogen and oxygen atoms in total. The van der Waals surface area contributed by atoms with Crippen molar-refractivity contribution >= 4 is 21.9 Å². The van der Waals surface area contributed by atoms with Gasteiger partial charge in [-0.25, -0.2) is 13.1 Å². The van der Waals surface area contributed by atoms with Crippen molar-refractivity contribution in [3.63, 3.8) is 0 Å². The largest absolute Gasteiger partial charge is 0.481 e. The molecular weight excluding hydrogens is 332 g/mol. The molecule has 0 spiro atoms. The van der Waals surface area contributed by atoms with Gasteiger partial charge in [0.2, 0.25) is 15.9 Å². The number of rotatable bonds is 6. The predicted octanol–water partition coefficient (Wildman–Crippen LogP) is 1.27. The van der Waals surface area contributed by atoms with E-state index < -0.39 is 21.9 Å². The number of carbonyl (C=O) groups excluding carboxylic acids is 1. The van der Waals surface area contributed by atoms with Crippen LogP contribution in [0.2, 0.25) is 0 Å². The summed E-state index contributed by atoms with van der Waals surface area (Å²) in [5.41, 5.74) is 0.784. The number of aliphatic carboxylic acids is 1. The van der Waals surface area contributed by atoms with Crippen LogP contribution in [-0.2, 0) is 19.6 Å². The van der Waals surface area contributed by atoms with E-state index in [0.29, 0.717) is 19.3 Å². The number of sulfonamides is 1. The van der Waals surface area contributed by atoms with E-state index in [1.165, 1.54) is 19.2 Å². The predicted molar refractivity (Wildman–Crippen MR) is 87.7 cm³/mol. The van der Waals surface area contributed by atoms with Crippen molar-refractivity contribution < 1.29 is 23.1 Å². The van der Waals surface area contributed by atoms with E-state index in [9.17, 15) is 18.0 Å². The van der Waals surface area contributed by atoms with Gasteiger partial charge in [-0.15, -0.1) is 0 Å². The van der Waals surface area contributed by atoms with Crippen LogP contribution in [0.1, 0.15) is 37.8 Å². The van der Waals surface area contributed by atoms with Gasteiger partial charge in [-0.3, -0.25) is 9.59 Å². The van der Waals surface area contributed by atoms with Crippen LogP contribution in [0, 0.1) is 11.8 Å². The maximum absolute atomic E-state index is 12.3. The van der Waals surface area contributed by atoms with Gasteiger partial charge in [-0.2, -0.15) is 0 Å². The van der Waals surface area contributed by atoms with E-state index in [1.54, 1.807) is 12.1 Å². The molecule has 132 valence electrons. The molecule has 1 aromatic rings. The second kappa shape index (κ2) is 7.31. The number of hydrogen-bond acceptors (Lipinski definition) is 4. The van der Waals surface area contributed by atoms with Gasteiger partial charge in [0.05, 0.1) is 16.9 Å².